The standard InChI is InChI=1S/C9H11Cl2NO.ClH/c10-8-2-1-7(5-9(8)11)6-12-3-4-13;/h1-2,5,12-13H,3-4,6H2;1H. The highest BCUT2D eigenvalue weighted by atomic mass is 35.5. The first kappa shape index (κ1) is 14.0. The summed E-state index contributed by atoms with van der Waals surface area (Å²) >= 11 is 11.6. The number of nitrogens with one attached hydrogen (secondary N) is 1. The van der Waals surface area contributed by atoms with Crippen LogP contribution in [0.2, 0.25) is 10.0 Å². The van der Waals surface area contributed by atoms with E-state index in [0.29, 0.717) is 23.1 Å². The summed E-state index contributed by atoms with van der Waals surface area (Å²) in [6.45, 7) is 1.42. The number of halogens is 3. The molecule has 80 valence electrons. The predicted octanol–water partition coefficient (Wildman–Crippen LogP) is 2.50. The molecule has 0 fully saturated rings. The molecule has 0 saturated heterocycles. The quantitative estimate of drug-likeness (QED) is 0.811. The summed E-state index contributed by atoms with van der Waals surface area (Å²) in [5.74, 6) is 0. The van der Waals surface area contributed by atoms with Gasteiger partial charge in [0.2, 0.25) is 0 Å². The molecule has 5 heteroatoms. The first-order chi connectivity index (χ1) is 6.24. The number of hydrogen-bond acceptors (Lipinski definition) is 2. The Morgan fingerprint density at radius 2 is 1.93 bits per heavy atom. The summed E-state index contributed by atoms with van der Waals surface area (Å²) in [5, 5.41) is 12.7. The molecule has 0 radical (unpaired) electrons. The normalized spacial score (nSPS) is 9.64. The summed E-state index contributed by atoms with van der Waals surface area (Å²) < 4.78 is 0. The minimum absolute atomic E-state index is 0. The highest BCUT2D eigenvalue weighted by molar-refractivity contribution is 6.42. The van der Waals surface area contributed by atoms with Crippen LogP contribution in [0.3, 0.4) is 0 Å². The molecule has 1 rings (SSSR count). The zero-order valence-corrected chi connectivity index (χ0v) is 9.79. The lowest BCUT2D eigenvalue weighted by atomic mass is 10.2. The summed E-state index contributed by atoms with van der Waals surface area (Å²) in [7, 11) is 0. The van der Waals surface area contributed by atoms with Gasteiger partial charge in [-0.25, -0.2) is 0 Å². The Hall–Kier alpha value is 0.01000. The van der Waals surface area contributed by atoms with E-state index in [1.165, 1.54) is 0 Å². The fourth-order valence-electron chi connectivity index (χ4n) is 0.961. The Kier molecular flexibility index (Phi) is 7.33. The molecule has 0 atom stereocenters. The molecular weight excluding hydrogens is 244 g/mol. The molecular formula is C9H12Cl3NO. The largest absolute Gasteiger partial charge is 0.395 e. The predicted molar refractivity (Wildman–Crippen MR) is 62.5 cm³/mol. The molecule has 2 nitrogen and oxygen atoms in total. The molecule has 0 aliphatic heterocycles. The number of rotatable bonds is 4. The van der Waals surface area contributed by atoms with Crippen molar-refractivity contribution in [3.8, 4) is 0 Å². The monoisotopic (exact) mass is 255 g/mol. The van der Waals surface area contributed by atoms with Gasteiger partial charge in [-0.3, -0.25) is 0 Å². The molecule has 0 saturated carbocycles. The number of aliphatic hydroxyl groups is 1. The van der Waals surface area contributed by atoms with Crippen molar-refractivity contribution in [1.29, 1.82) is 0 Å². The van der Waals surface area contributed by atoms with Gasteiger partial charge in [0.25, 0.3) is 0 Å². The molecule has 0 spiro atoms. The second-order valence-corrected chi connectivity index (χ2v) is 3.46. The third kappa shape index (κ3) is 4.49. The Balaban J connectivity index is 0.00000169. The first-order valence-corrected chi connectivity index (χ1v) is 4.75. The average Bonchev–Trinajstić information content (AvgIpc) is 2.12. The van der Waals surface area contributed by atoms with E-state index in [1.807, 2.05) is 12.1 Å². The second kappa shape index (κ2) is 7.32. The maximum atomic E-state index is 8.53. The average molecular weight is 257 g/mol. The molecule has 14 heavy (non-hydrogen) atoms. The minimum atomic E-state index is 0. The van der Waals surface area contributed by atoms with E-state index < -0.39 is 0 Å². The van der Waals surface area contributed by atoms with Crippen LogP contribution in [0.5, 0.6) is 0 Å². The smallest absolute Gasteiger partial charge is 0.0595 e. The van der Waals surface area contributed by atoms with Gasteiger partial charge >= 0.3 is 0 Å². The van der Waals surface area contributed by atoms with Crippen LogP contribution in [0.4, 0.5) is 0 Å². The van der Waals surface area contributed by atoms with Gasteiger partial charge in [0.15, 0.2) is 0 Å². The van der Waals surface area contributed by atoms with Crippen molar-refractivity contribution in [2.75, 3.05) is 13.2 Å². The fraction of sp³-hybridized carbons (Fsp3) is 0.333. The van der Waals surface area contributed by atoms with Crippen LogP contribution in [-0.4, -0.2) is 18.3 Å². The second-order valence-electron chi connectivity index (χ2n) is 2.65. The Bertz CT molecular complexity index is 281. The van der Waals surface area contributed by atoms with E-state index in [4.69, 9.17) is 28.3 Å². The van der Waals surface area contributed by atoms with Crippen LogP contribution >= 0.6 is 35.6 Å². The van der Waals surface area contributed by atoms with E-state index in [9.17, 15) is 0 Å². The van der Waals surface area contributed by atoms with Crippen molar-refractivity contribution in [2.45, 2.75) is 6.54 Å². The zero-order chi connectivity index (χ0) is 9.68. The third-order valence-electron chi connectivity index (χ3n) is 1.60. The highest BCUT2D eigenvalue weighted by Crippen LogP contribution is 2.22. The fourth-order valence-corrected chi connectivity index (χ4v) is 1.28. The molecule has 0 amide bonds. The lowest BCUT2D eigenvalue weighted by Gasteiger charge is -2.03. The van der Waals surface area contributed by atoms with E-state index in [1.54, 1.807) is 6.07 Å². The Morgan fingerprint density at radius 1 is 1.21 bits per heavy atom. The molecule has 0 bridgehead atoms. The minimum Gasteiger partial charge on any atom is -0.395 e. The van der Waals surface area contributed by atoms with E-state index in [0.717, 1.165) is 5.56 Å². The van der Waals surface area contributed by atoms with Gasteiger partial charge in [-0.05, 0) is 17.7 Å². The van der Waals surface area contributed by atoms with Crippen molar-refractivity contribution < 1.29 is 5.11 Å². The van der Waals surface area contributed by atoms with Crippen LogP contribution in [0.1, 0.15) is 5.56 Å². The van der Waals surface area contributed by atoms with Crippen LogP contribution < -0.4 is 5.32 Å². The number of benzene rings is 1. The molecule has 0 heterocycles. The Labute approximate surface area is 99.6 Å². The van der Waals surface area contributed by atoms with Gasteiger partial charge in [-0.2, -0.15) is 0 Å². The van der Waals surface area contributed by atoms with Crippen LogP contribution in [0, 0.1) is 0 Å². The molecule has 0 aliphatic carbocycles. The molecule has 2 N–H and O–H groups in total. The van der Waals surface area contributed by atoms with Crippen LogP contribution in [-0.2, 0) is 6.54 Å². The molecule has 0 aliphatic rings. The van der Waals surface area contributed by atoms with Crippen molar-refractivity contribution >= 4 is 35.6 Å². The summed E-state index contributed by atoms with van der Waals surface area (Å²) in [6, 6.07) is 5.48. The molecule has 0 aromatic heterocycles. The van der Waals surface area contributed by atoms with Gasteiger partial charge in [0.1, 0.15) is 0 Å². The summed E-state index contributed by atoms with van der Waals surface area (Å²) in [6.07, 6.45) is 0. The number of hydrogen-bond donors (Lipinski definition) is 2. The first-order valence-electron chi connectivity index (χ1n) is 3.99. The van der Waals surface area contributed by atoms with Gasteiger partial charge in [-0.1, -0.05) is 29.3 Å². The van der Waals surface area contributed by atoms with E-state index >= 15 is 0 Å². The van der Waals surface area contributed by atoms with Gasteiger partial charge in [-0.15, -0.1) is 12.4 Å². The third-order valence-corrected chi connectivity index (χ3v) is 2.34. The lowest BCUT2D eigenvalue weighted by Crippen LogP contribution is -2.17. The topological polar surface area (TPSA) is 32.3 Å². The summed E-state index contributed by atoms with van der Waals surface area (Å²) in [4.78, 5) is 0. The van der Waals surface area contributed by atoms with E-state index in [2.05, 4.69) is 5.32 Å². The summed E-state index contributed by atoms with van der Waals surface area (Å²) in [5.41, 5.74) is 1.06. The van der Waals surface area contributed by atoms with Crippen molar-refractivity contribution in [2.24, 2.45) is 0 Å². The maximum absolute atomic E-state index is 8.53. The van der Waals surface area contributed by atoms with Crippen LogP contribution in [0.15, 0.2) is 18.2 Å². The van der Waals surface area contributed by atoms with Gasteiger partial charge in [0.05, 0.1) is 16.7 Å². The van der Waals surface area contributed by atoms with Crippen LogP contribution in [0.25, 0.3) is 0 Å². The van der Waals surface area contributed by atoms with Crippen molar-refractivity contribution in [1.82, 2.24) is 5.32 Å². The molecule has 0 unspecified atom stereocenters. The van der Waals surface area contributed by atoms with Crippen molar-refractivity contribution in [3.05, 3.63) is 33.8 Å². The lowest BCUT2D eigenvalue weighted by molar-refractivity contribution is 0.292. The molecule has 1 aromatic carbocycles. The van der Waals surface area contributed by atoms with Gasteiger partial charge in [0, 0.05) is 13.1 Å². The van der Waals surface area contributed by atoms with Gasteiger partial charge < -0.3 is 10.4 Å². The zero-order valence-electron chi connectivity index (χ0n) is 7.46. The highest BCUT2D eigenvalue weighted by Gasteiger charge is 1.98. The molecule has 1 aromatic rings. The maximum Gasteiger partial charge on any atom is 0.0595 e. The Morgan fingerprint density at radius 3 is 2.50 bits per heavy atom. The van der Waals surface area contributed by atoms with Crippen molar-refractivity contribution in [3.63, 3.8) is 0 Å². The number of aliphatic hydroxyl groups excluding tert-OH is 1. The SMILES string of the molecule is Cl.OCCNCc1ccc(Cl)c(Cl)c1. The van der Waals surface area contributed by atoms with E-state index in [-0.39, 0.29) is 19.0 Å².